The number of aliphatic imine (C=N–C) groups is 1. The van der Waals surface area contributed by atoms with Crippen LogP contribution in [0, 0.1) is 0 Å². The lowest BCUT2D eigenvalue weighted by Gasteiger charge is -2.25. The molecule has 7 heteroatoms. The molecule has 1 atom stereocenters. The van der Waals surface area contributed by atoms with Crippen molar-refractivity contribution < 1.29 is 0 Å². The molecule has 22 heavy (non-hydrogen) atoms. The molecule has 1 aliphatic heterocycles. The Morgan fingerprint density at radius 3 is 2.55 bits per heavy atom. The van der Waals surface area contributed by atoms with Crippen LogP contribution in [0.3, 0.4) is 0 Å². The predicted octanol–water partition coefficient (Wildman–Crippen LogP) is 3.63. The van der Waals surface area contributed by atoms with Gasteiger partial charge in [-0.2, -0.15) is 0 Å². The minimum Gasteiger partial charge on any atom is -0.370 e. The first kappa shape index (κ1) is 13.4. The van der Waals surface area contributed by atoms with E-state index < -0.39 is 6.17 Å². The van der Waals surface area contributed by atoms with Gasteiger partial charge >= 0.3 is 0 Å². The third-order valence-corrected chi connectivity index (χ3v) is 4.26. The average molecular weight is 332 g/mol. The molecule has 0 unspecified atom stereocenters. The number of hydrogen-bond donors (Lipinski definition) is 2. The lowest BCUT2D eigenvalue weighted by Crippen LogP contribution is -2.31. The van der Waals surface area contributed by atoms with Crippen molar-refractivity contribution in [2.75, 3.05) is 5.32 Å². The number of rotatable bonds is 1. The summed E-state index contributed by atoms with van der Waals surface area (Å²) in [7, 11) is 0. The third kappa shape index (κ3) is 1.94. The number of nitrogens with zero attached hydrogens (tertiary/aromatic N) is 3. The van der Waals surface area contributed by atoms with E-state index in [1.54, 1.807) is 18.2 Å². The highest BCUT2D eigenvalue weighted by molar-refractivity contribution is 6.36. The lowest BCUT2D eigenvalue weighted by molar-refractivity contribution is 0.626. The van der Waals surface area contributed by atoms with Crippen molar-refractivity contribution in [3.05, 3.63) is 58.1 Å². The Morgan fingerprint density at radius 1 is 1.05 bits per heavy atom. The molecular weight excluding hydrogens is 321 g/mol. The van der Waals surface area contributed by atoms with Crippen LogP contribution in [0.25, 0.3) is 11.0 Å². The largest absolute Gasteiger partial charge is 0.370 e. The van der Waals surface area contributed by atoms with E-state index in [4.69, 9.17) is 28.9 Å². The van der Waals surface area contributed by atoms with Gasteiger partial charge in [0.1, 0.15) is 0 Å². The molecule has 0 saturated heterocycles. The highest BCUT2D eigenvalue weighted by atomic mass is 35.5. The first-order chi connectivity index (χ1) is 10.6. The van der Waals surface area contributed by atoms with Gasteiger partial charge in [0.25, 0.3) is 0 Å². The highest BCUT2D eigenvalue weighted by Gasteiger charge is 2.28. The molecule has 0 fully saturated rings. The van der Waals surface area contributed by atoms with E-state index in [-0.39, 0.29) is 5.96 Å². The molecule has 0 spiro atoms. The maximum atomic E-state index is 6.35. The fourth-order valence-corrected chi connectivity index (χ4v) is 3.26. The van der Waals surface area contributed by atoms with Gasteiger partial charge in [-0.05, 0) is 24.3 Å². The molecule has 0 saturated carbocycles. The molecule has 1 aliphatic rings. The van der Waals surface area contributed by atoms with Gasteiger partial charge in [0.15, 0.2) is 12.1 Å². The van der Waals surface area contributed by atoms with Crippen molar-refractivity contribution in [2.24, 2.45) is 10.7 Å². The van der Waals surface area contributed by atoms with E-state index in [9.17, 15) is 0 Å². The summed E-state index contributed by atoms with van der Waals surface area (Å²) in [6.45, 7) is 0. The number of nitrogens with one attached hydrogen (secondary N) is 1. The summed E-state index contributed by atoms with van der Waals surface area (Å²) in [5.41, 5.74) is 8.39. The summed E-state index contributed by atoms with van der Waals surface area (Å²) in [6.07, 6.45) is -0.454. The number of imidazole rings is 1. The zero-order valence-corrected chi connectivity index (χ0v) is 12.8. The zero-order chi connectivity index (χ0) is 15.3. The average Bonchev–Trinajstić information content (AvgIpc) is 2.84. The van der Waals surface area contributed by atoms with Gasteiger partial charge in [-0.25, -0.2) is 9.98 Å². The fourth-order valence-electron chi connectivity index (χ4n) is 2.67. The van der Waals surface area contributed by atoms with Gasteiger partial charge < -0.3 is 5.73 Å². The Bertz CT molecular complexity index is 895. The van der Waals surface area contributed by atoms with E-state index in [1.165, 1.54) is 0 Å². The summed E-state index contributed by atoms with van der Waals surface area (Å²) in [6, 6.07) is 13.2. The molecule has 0 radical (unpaired) electrons. The smallest absolute Gasteiger partial charge is 0.212 e. The van der Waals surface area contributed by atoms with Crippen molar-refractivity contribution in [3.63, 3.8) is 0 Å². The molecule has 0 bridgehead atoms. The van der Waals surface area contributed by atoms with E-state index >= 15 is 0 Å². The zero-order valence-electron chi connectivity index (χ0n) is 11.3. The second kappa shape index (κ2) is 4.90. The van der Waals surface area contributed by atoms with Crippen LogP contribution in [0.4, 0.5) is 5.95 Å². The van der Waals surface area contributed by atoms with Gasteiger partial charge in [-0.15, -0.1) is 0 Å². The number of benzene rings is 2. The van der Waals surface area contributed by atoms with Crippen molar-refractivity contribution >= 4 is 46.1 Å². The Kier molecular flexibility index (Phi) is 2.99. The van der Waals surface area contributed by atoms with Crippen molar-refractivity contribution in [2.45, 2.75) is 6.17 Å². The molecule has 3 N–H and O–H groups in total. The van der Waals surface area contributed by atoms with Crippen LogP contribution >= 0.6 is 23.2 Å². The van der Waals surface area contributed by atoms with Crippen LogP contribution in [0.2, 0.25) is 10.0 Å². The van der Waals surface area contributed by atoms with E-state index in [1.807, 2.05) is 28.8 Å². The van der Waals surface area contributed by atoms with Gasteiger partial charge in [-0.3, -0.25) is 9.88 Å². The fraction of sp³-hybridized carbons (Fsp3) is 0.0667. The lowest BCUT2D eigenvalue weighted by atomic mass is 10.1. The normalized spacial score (nSPS) is 17.0. The standard InChI is InChI=1S/C15H11Cl2N5/c16-8-4-3-5-9(17)12(8)13-20-14(18)21-15-19-10-6-1-2-7-11(10)22(13)15/h1-7,13H,(H3,18,19,20,21)/t13-/m0/s1. The van der Waals surface area contributed by atoms with Crippen molar-refractivity contribution in [1.82, 2.24) is 9.55 Å². The summed E-state index contributed by atoms with van der Waals surface area (Å²) in [5.74, 6) is 0.901. The number of para-hydroxylation sites is 2. The number of anilines is 1. The van der Waals surface area contributed by atoms with Gasteiger partial charge in [-0.1, -0.05) is 41.4 Å². The van der Waals surface area contributed by atoms with Crippen LogP contribution in [-0.2, 0) is 0 Å². The monoisotopic (exact) mass is 331 g/mol. The molecule has 4 rings (SSSR count). The second-order valence-electron chi connectivity index (χ2n) is 4.94. The number of hydrogen-bond acceptors (Lipinski definition) is 4. The Hall–Kier alpha value is -2.24. The molecule has 3 aromatic rings. The molecule has 0 aliphatic carbocycles. The van der Waals surface area contributed by atoms with Crippen LogP contribution in [0.15, 0.2) is 47.5 Å². The third-order valence-electron chi connectivity index (χ3n) is 3.60. The van der Waals surface area contributed by atoms with Crippen LogP contribution < -0.4 is 11.1 Å². The van der Waals surface area contributed by atoms with Gasteiger partial charge in [0.2, 0.25) is 5.95 Å². The minimum absolute atomic E-state index is 0.281. The number of fused-ring (bicyclic) bond motifs is 3. The summed E-state index contributed by atoms with van der Waals surface area (Å²) in [5, 5.41) is 4.06. The molecule has 5 nitrogen and oxygen atoms in total. The maximum Gasteiger partial charge on any atom is 0.212 e. The molecule has 110 valence electrons. The minimum atomic E-state index is -0.454. The summed E-state index contributed by atoms with van der Waals surface area (Å²) < 4.78 is 1.94. The van der Waals surface area contributed by atoms with Crippen molar-refractivity contribution in [1.29, 1.82) is 0 Å². The maximum absolute atomic E-state index is 6.35. The molecule has 0 amide bonds. The summed E-state index contributed by atoms with van der Waals surface area (Å²) in [4.78, 5) is 9.02. The van der Waals surface area contributed by atoms with Crippen LogP contribution in [-0.4, -0.2) is 15.5 Å². The highest BCUT2D eigenvalue weighted by Crippen LogP contribution is 2.38. The first-order valence-electron chi connectivity index (χ1n) is 6.66. The number of halogens is 2. The number of aromatic nitrogens is 2. The summed E-state index contributed by atoms with van der Waals surface area (Å²) >= 11 is 12.7. The van der Waals surface area contributed by atoms with Crippen molar-refractivity contribution in [3.8, 4) is 0 Å². The van der Waals surface area contributed by atoms with E-state index in [2.05, 4.69) is 15.3 Å². The van der Waals surface area contributed by atoms with Gasteiger partial charge in [0.05, 0.1) is 11.0 Å². The van der Waals surface area contributed by atoms with E-state index in [0.29, 0.717) is 21.6 Å². The SMILES string of the molecule is NC1=N[C@H](c2c(Cl)cccc2Cl)n2c(nc3ccccc32)N1. The van der Waals surface area contributed by atoms with Crippen LogP contribution in [0.5, 0.6) is 0 Å². The molecule has 2 heterocycles. The molecule has 1 aromatic heterocycles. The Morgan fingerprint density at radius 2 is 1.77 bits per heavy atom. The molecular formula is C15H11Cl2N5. The topological polar surface area (TPSA) is 68.2 Å². The number of guanidine groups is 1. The predicted molar refractivity (Wildman–Crippen MR) is 89.6 cm³/mol. The Balaban J connectivity index is 2.03. The van der Waals surface area contributed by atoms with Crippen LogP contribution in [0.1, 0.15) is 11.7 Å². The second-order valence-corrected chi connectivity index (χ2v) is 5.76. The van der Waals surface area contributed by atoms with E-state index in [0.717, 1.165) is 11.0 Å². The Labute approximate surface area is 136 Å². The number of nitrogens with two attached hydrogens (primary N) is 1. The molecule has 2 aromatic carbocycles. The quantitative estimate of drug-likeness (QED) is 0.715. The van der Waals surface area contributed by atoms with Gasteiger partial charge in [0, 0.05) is 15.6 Å². The first-order valence-corrected chi connectivity index (χ1v) is 7.42.